The summed E-state index contributed by atoms with van der Waals surface area (Å²) in [7, 11) is 0. The van der Waals surface area contributed by atoms with Gasteiger partial charge in [0, 0.05) is 12.4 Å². The van der Waals surface area contributed by atoms with Gasteiger partial charge in [0.2, 0.25) is 0 Å². The van der Waals surface area contributed by atoms with E-state index in [2.05, 4.69) is 23.8 Å². The van der Waals surface area contributed by atoms with Crippen LogP contribution in [0.5, 0.6) is 0 Å². The lowest BCUT2D eigenvalue weighted by molar-refractivity contribution is 0.336. The van der Waals surface area contributed by atoms with Crippen LogP contribution >= 0.6 is 0 Å². The van der Waals surface area contributed by atoms with Gasteiger partial charge in [0.05, 0.1) is 11.4 Å². The lowest BCUT2D eigenvalue weighted by Gasteiger charge is -2.25. The van der Waals surface area contributed by atoms with Gasteiger partial charge in [0.1, 0.15) is 0 Å². The Morgan fingerprint density at radius 2 is 1.73 bits per heavy atom. The highest BCUT2D eigenvalue weighted by atomic mass is 14.8. The topological polar surface area (TPSA) is 25.8 Å². The van der Waals surface area contributed by atoms with Crippen molar-refractivity contribution >= 4 is 0 Å². The molecule has 0 aromatic carbocycles. The molecule has 0 N–H and O–H groups in total. The summed E-state index contributed by atoms with van der Waals surface area (Å²) in [5.41, 5.74) is 2.45. The van der Waals surface area contributed by atoms with Gasteiger partial charge in [-0.1, -0.05) is 27.7 Å². The van der Waals surface area contributed by atoms with Crippen LogP contribution < -0.4 is 0 Å². The zero-order valence-electron chi connectivity index (χ0n) is 10.3. The quantitative estimate of drug-likeness (QED) is 0.705. The lowest BCUT2D eigenvalue weighted by Crippen LogP contribution is -2.20. The Hall–Kier alpha value is -0.920. The number of aryl methyl sites for hydroxylation is 1. The third kappa shape index (κ3) is 3.01. The molecule has 0 fully saturated rings. The van der Waals surface area contributed by atoms with Gasteiger partial charge < -0.3 is 0 Å². The summed E-state index contributed by atoms with van der Waals surface area (Å²) < 4.78 is 0. The summed E-state index contributed by atoms with van der Waals surface area (Å²) in [6.07, 6.45) is 7.13. The molecule has 1 aliphatic carbocycles. The first-order valence-corrected chi connectivity index (χ1v) is 6.06. The van der Waals surface area contributed by atoms with Crippen molar-refractivity contribution in [2.24, 2.45) is 11.8 Å². The first-order chi connectivity index (χ1) is 7.27. The number of nitrogens with zero attached hydrogens (tertiary/aromatic N) is 2. The van der Waals surface area contributed by atoms with Crippen LogP contribution in [0.25, 0.3) is 0 Å². The van der Waals surface area contributed by atoms with Crippen LogP contribution in [0.2, 0.25) is 0 Å². The first-order valence-electron chi connectivity index (χ1n) is 6.06. The van der Waals surface area contributed by atoms with Gasteiger partial charge in [-0.15, -0.1) is 0 Å². The minimum Gasteiger partial charge on any atom is -0.258 e. The van der Waals surface area contributed by atoms with E-state index in [0.29, 0.717) is 0 Å². The van der Waals surface area contributed by atoms with E-state index in [4.69, 9.17) is 0 Å². The fourth-order valence-electron chi connectivity index (χ4n) is 2.02. The van der Waals surface area contributed by atoms with Gasteiger partial charge >= 0.3 is 0 Å². The second-order valence-electron chi connectivity index (χ2n) is 4.20. The van der Waals surface area contributed by atoms with E-state index < -0.39 is 0 Å². The second-order valence-corrected chi connectivity index (χ2v) is 4.20. The number of aromatic nitrogens is 2. The highest BCUT2D eigenvalue weighted by Gasteiger charge is 2.22. The molecule has 0 saturated carbocycles. The smallest absolute Gasteiger partial charge is 0.0621 e. The first kappa shape index (κ1) is 12.2. The standard InChI is InChI=1S/C11H16N2.C2H6/c1-8(2)9-3-4-10-11(7-9)13-6-5-12-10;1-2/h5-6,8-9H,3-4,7H2,1-2H3;1-2H3. The molecule has 1 aromatic heterocycles. The van der Waals surface area contributed by atoms with Crippen molar-refractivity contribution in [3.05, 3.63) is 23.8 Å². The molecule has 1 heterocycles. The van der Waals surface area contributed by atoms with Gasteiger partial charge in [0.15, 0.2) is 0 Å². The molecule has 15 heavy (non-hydrogen) atoms. The number of hydrogen-bond acceptors (Lipinski definition) is 2. The molecule has 0 radical (unpaired) electrons. The minimum atomic E-state index is 0.773. The third-order valence-electron chi connectivity index (χ3n) is 3.01. The molecule has 1 atom stereocenters. The Morgan fingerprint density at radius 3 is 2.33 bits per heavy atom. The summed E-state index contributed by atoms with van der Waals surface area (Å²) in [4.78, 5) is 8.74. The van der Waals surface area contributed by atoms with E-state index in [1.807, 2.05) is 20.0 Å². The minimum absolute atomic E-state index is 0.773. The molecule has 1 aliphatic rings. The highest BCUT2D eigenvalue weighted by molar-refractivity contribution is 5.14. The van der Waals surface area contributed by atoms with Crippen molar-refractivity contribution in [3.63, 3.8) is 0 Å². The fourth-order valence-corrected chi connectivity index (χ4v) is 2.02. The Morgan fingerprint density at radius 1 is 1.13 bits per heavy atom. The SMILES string of the molecule is CC.CC(C)C1CCc2nccnc2C1. The molecule has 2 nitrogen and oxygen atoms in total. The number of hydrogen-bond donors (Lipinski definition) is 0. The summed E-state index contributed by atoms with van der Waals surface area (Å²) in [5, 5.41) is 0. The predicted octanol–water partition coefficient (Wildman–Crippen LogP) is 3.26. The molecule has 0 bridgehead atoms. The summed E-state index contributed by atoms with van der Waals surface area (Å²) >= 11 is 0. The fraction of sp³-hybridized carbons (Fsp3) is 0.692. The highest BCUT2D eigenvalue weighted by Crippen LogP contribution is 2.27. The van der Waals surface area contributed by atoms with E-state index in [1.54, 1.807) is 6.20 Å². The van der Waals surface area contributed by atoms with Crippen LogP contribution in [0, 0.1) is 11.8 Å². The summed E-state index contributed by atoms with van der Waals surface area (Å²) in [6, 6.07) is 0. The Balaban J connectivity index is 0.000000531. The van der Waals surface area contributed by atoms with Gasteiger partial charge in [-0.3, -0.25) is 9.97 Å². The van der Waals surface area contributed by atoms with Crippen LogP contribution in [0.3, 0.4) is 0 Å². The lowest BCUT2D eigenvalue weighted by atomic mass is 9.82. The summed E-state index contributed by atoms with van der Waals surface area (Å²) in [6.45, 7) is 8.60. The second kappa shape index (κ2) is 5.84. The molecule has 2 rings (SSSR count). The van der Waals surface area contributed by atoms with Crippen LogP contribution in [0.4, 0.5) is 0 Å². The Kier molecular flexibility index (Phi) is 4.73. The van der Waals surface area contributed by atoms with Gasteiger partial charge in [0.25, 0.3) is 0 Å². The largest absolute Gasteiger partial charge is 0.258 e. The number of fused-ring (bicyclic) bond motifs is 1. The average molecular weight is 206 g/mol. The molecule has 0 aliphatic heterocycles. The normalized spacial score (nSPS) is 19.1. The predicted molar refractivity (Wildman–Crippen MR) is 63.7 cm³/mol. The molecule has 1 unspecified atom stereocenters. The van der Waals surface area contributed by atoms with E-state index >= 15 is 0 Å². The summed E-state index contributed by atoms with van der Waals surface area (Å²) in [5.74, 6) is 1.58. The third-order valence-corrected chi connectivity index (χ3v) is 3.01. The average Bonchev–Trinajstić information content (AvgIpc) is 2.31. The van der Waals surface area contributed by atoms with E-state index in [-0.39, 0.29) is 0 Å². The van der Waals surface area contributed by atoms with Crippen LogP contribution in [0.1, 0.15) is 45.5 Å². The Bertz CT molecular complexity index is 294. The van der Waals surface area contributed by atoms with E-state index in [9.17, 15) is 0 Å². The van der Waals surface area contributed by atoms with E-state index in [1.165, 1.54) is 17.8 Å². The molecule has 0 spiro atoms. The maximum absolute atomic E-state index is 4.39. The van der Waals surface area contributed by atoms with Crippen LogP contribution in [-0.2, 0) is 12.8 Å². The van der Waals surface area contributed by atoms with Crippen LogP contribution in [0.15, 0.2) is 12.4 Å². The van der Waals surface area contributed by atoms with Gasteiger partial charge in [-0.25, -0.2) is 0 Å². The molecule has 1 aromatic rings. The maximum Gasteiger partial charge on any atom is 0.0621 e. The van der Waals surface area contributed by atoms with Crippen molar-refractivity contribution in [2.45, 2.75) is 47.0 Å². The zero-order valence-corrected chi connectivity index (χ0v) is 10.3. The van der Waals surface area contributed by atoms with E-state index in [0.717, 1.165) is 24.7 Å². The Labute approximate surface area is 93.2 Å². The van der Waals surface area contributed by atoms with Crippen molar-refractivity contribution in [3.8, 4) is 0 Å². The van der Waals surface area contributed by atoms with Gasteiger partial charge in [-0.05, 0) is 31.1 Å². The molecular formula is C13H22N2. The van der Waals surface area contributed by atoms with Crippen molar-refractivity contribution in [2.75, 3.05) is 0 Å². The molecule has 2 heteroatoms. The zero-order chi connectivity index (χ0) is 11.3. The molecule has 0 amide bonds. The van der Waals surface area contributed by atoms with Crippen molar-refractivity contribution in [1.82, 2.24) is 9.97 Å². The van der Waals surface area contributed by atoms with Crippen molar-refractivity contribution in [1.29, 1.82) is 0 Å². The molecule has 84 valence electrons. The molecular weight excluding hydrogens is 184 g/mol. The maximum atomic E-state index is 4.39. The molecule has 0 saturated heterocycles. The number of rotatable bonds is 1. The van der Waals surface area contributed by atoms with Crippen LogP contribution in [-0.4, -0.2) is 9.97 Å². The van der Waals surface area contributed by atoms with Crippen molar-refractivity contribution < 1.29 is 0 Å². The van der Waals surface area contributed by atoms with Gasteiger partial charge in [-0.2, -0.15) is 0 Å². The monoisotopic (exact) mass is 206 g/mol.